The van der Waals surface area contributed by atoms with Gasteiger partial charge in [-0.05, 0) is 49.7 Å². The summed E-state index contributed by atoms with van der Waals surface area (Å²) in [6.07, 6.45) is 5.26. The zero-order valence-corrected chi connectivity index (χ0v) is 15.7. The van der Waals surface area contributed by atoms with Crippen LogP contribution in [0.4, 0.5) is 5.69 Å². The third-order valence-corrected chi connectivity index (χ3v) is 6.32. The van der Waals surface area contributed by atoms with E-state index in [1.54, 1.807) is 4.90 Å². The van der Waals surface area contributed by atoms with Crippen LogP contribution < -0.4 is 14.4 Å². The van der Waals surface area contributed by atoms with Crippen LogP contribution in [0.15, 0.2) is 18.2 Å². The van der Waals surface area contributed by atoms with Crippen molar-refractivity contribution < 1.29 is 19.1 Å². The van der Waals surface area contributed by atoms with Crippen molar-refractivity contribution in [3.05, 3.63) is 18.2 Å². The van der Waals surface area contributed by atoms with Gasteiger partial charge in [-0.15, -0.1) is 0 Å². The predicted molar refractivity (Wildman–Crippen MR) is 99.9 cm³/mol. The van der Waals surface area contributed by atoms with E-state index in [1.807, 2.05) is 30.1 Å². The van der Waals surface area contributed by atoms with Crippen LogP contribution in [0.5, 0.6) is 11.5 Å². The van der Waals surface area contributed by atoms with Gasteiger partial charge in [-0.2, -0.15) is 0 Å². The van der Waals surface area contributed by atoms with Crippen LogP contribution in [0, 0.1) is 17.8 Å². The molecule has 0 aromatic heterocycles. The largest absolute Gasteiger partial charge is 0.486 e. The lowest BCUT2D eigenvalue weighted by Crippen LogP contribution is -2.43. The SMILES string of the molecule is CN(C(=O)C1CC(=O)N(c2ccc3c(c2)OCCO3)C1)C(C1CC1)C1CC1. The van der Waals surface area contributed by atoms with Gasteiger partial charge in [0.05, 0.1) is 5.92 Å². The van der Waals surface area contributed by atoms with Crippen LogP contribution in [-0.2, 0) is 9.59 Å². The molecule has 2 aliphatic carbocycles. The molecule has 4 aliphatic rings. The molecule has 0 radical (unpaired) electrons. The Balaban J connectivity index is 1.30. The third kappa shape index (κ3) is 3.15. The first-order valence-corrected chi connectivity index (χ1v) is 10.1. The summed E-state index contributed by atoms with van der Waals surface area (Å²) in [6.45, 7) is 1.50. The van der Waals surface area contributed by atoms with E-state index < -0.39 is 0 Å². The van der Waals surface area contributed by atoms with Crippen molar-refractivity contribution in [1.29, 1.82) is 0 Å². The van der Waals surface area contributed by atoms with Crippen molar-refractivity contribution in [2.24, 2.45) is 17.8 Å². The smallest absolute Gasteiger partial charge is 0.228 e. The number of hydrogen-bond donors (Lipinski definition) is 0. The maximum Gasteiger partial charge on any atom is 0.228 e. The number of carbonyl (C=O) groups excluding carboxylic acids is 2. The number of fused-ring (bicyclic) bond motifs is 1. The van der Waals surface area contributed by atoms with Gasteiger partial charge in [0.2, 0.25) is 11.8 Å². The number of anilines is 1. The van der Waals surface area contributed by atoms with Crippen molar-refractivity contribution in [3.8, 4) is 11.5 Å². The minimum absolute atomic E-state index is 0.00724. The predicted octanol–water partition coefficient (Wildman–Crippen LogP) is 2.46. The molecular formula is C21H26N2O4. The summed E-state index contributed by atoms with van der Waals surface area (Å²) in [5.74, 6) is 2.62. The van der Waals surface area contributed by atoms with Gasteiger partial charge in [0.1, 0.15) is 13.2 Å². The highest BCUT2D eigenvalue weighted by atomic mass is 16.6. The molecular weight excluding hydrogens is 344 g/mol. The van der Waals surface area contributed by atoms with E-state index in [-0.39, 0.29) is 17.7 Å². The Morgan fingerprint density at radius 2 is 1.78 bits per heavy atom. The Morgan fingerprint density at radius 3 is 2.44 bits per heavy atom. The molecule has 2 saturated carbocycles. The Kier molecular flexibility index (Phi) is 4.02. The summed E-state index contributed by atoms with van der Waals surface area (Å²) >= 11 is 0. The molecule has 0 spiro atoms. The molecule has 6 heteroatoms. The van der Waals surface area contributed by atoms with Gasteiger partial charge in [0.15, 0.2) is 11.5 Å². The van der Waals surface area contributed by atoms with Gasteiger partial charge in [-0.3, -0.25) is 9.59 Å². The fourth-order valence-electron chi connectivity index (χ4n) is 4.65. The summed E-state index contributed by atoms with van der Waals surface area (Å²) in [7, 11) is 1.95. The number of rotatable bonds is 5. The van der Waals surface area contributed by atoms with Crippen LogP contribution in [-0.4, -0.2) is 49.6 Å². The lowest BCUT2D eigenvalue weighted by atomic mass is 10.0. The summed E-state index contributed by atoms with van der Waals surface area (Å²) in [5, 5.41) is 0. The van der Waals surface area contributed by atoms with Crippen LogP contribution in [0.3, 0.4) is 0 Å². The maximum atomic E-state index is 13.1. The standard InChI is InChI=1S/C21H26N2O4/c1-22(20(13-2-3-13)14-4-5-14)21(25)15-10-19(24)23(12-15)16-6-7-17-18(11-16)27-9-8-26-17/h6-7,11,13-15,20H,2-5,8-10,12H2,1H3. The number of carbonyl (C=O) groups is 2. The molecule has 1 saturated heterocycles. The molecule has 2 heterocycles. The van der Waals surface area contributed by atoms with E-state index in [1.165, 1.54) is 25.7 Å². The lowest BCUT2D eigenvalue weighted by molar-refractivity contribution is -0.137. The average Bonchev–Trinajstić information content (AvgIpc) is 3.61. The third-order valence-electron chi connectivity index (χ3n) is 6.32. The first kappa shape index (κ1) is 16.9. The molecule has 1 unspecified atom stereocenters. The number of nitrogens with zero attached hydrogens (tertiary/aromatic N) is 2. The monoisotopic (exact) mass is 370 g/mol. The first-order chi connectivity index (χ1) is 13.1. The first-order valence-electron chi connectivity index (χ1n) is 10.1. The molecule has 144 valence electrons. The highest BCUT2D eigenvalue weighted by molar-refractivity contribution is 6.00. The van der Waals surface area contributed by atoms with Crippen molar-refractivity contribution in [3.63, 3.8) is 0 Å². The Morgan fingerprint density at radius 1 is 1.11 bits per heavy atom. The normalized spacial score (nSPS) is 24.4. The van der Waals surface area contributed by atoms with Gasteiger partial charge >= 0.3 is 0 Å². The average molecular weight is 370 g/mol. The van der Waals surface area contributed by atoms with Gasteiger partial charge in [-0.25, -0.2) is 0 Å². The highest BCUT2D eigenvalue weighted by Gasteiger charge is 2.47. The summed E-state index contributed by atoms with van der Waals surface area (Å²) in [5.41, 5.74) is 0.781. The van der Waals surface area contributed by atoms with Gasteiger partial charge in [-0.1, -0.05) is 0 Å². The van der Waals surface area contributed by atoms with E-state index in [2.05, 4.69) is 0 Å². The zero-order valence-electron chi connectivity index (χ0n) is 15.7. The van der Waals surface area contributed by atoms with Gasteiger partial charge in [0, 0.05) is 37.8 Å². The van der Waals surface area contributed by atoms with Gasteiger partial charge in [0.25, 0.3) is 0 Å². The van der Waals surface area contributed by atoms with E-state index >= 15 is 0 Å². The van der Waals surface area contributed by atoms with Crippen molar-refractivity contribution >= 4 is 17.5 Å². The van der Waals surface area contributed by atoms with E-state index in [9.17, 15) is 9.59 Å². The lowest BCUT2D eigenvalue weighted by Gasteiger charge is -2.30. The Hall–Kier alpha value is -2.24. The zero-order chi connectivity index (χ0) is 18.5. The number of amides is 2. The maximum absolute atomic E-state index is 13.1. The molecule has 0 N–H and O–H groups in total. The van der Waals surface area contributed by atoms with Crippen molar-refractivity contribution in [2.75, 3.05) is 31.7 Å². The molecule has 1 aromatic carbocycles. The Bertz CT molecular complexity index is 759. The van der Waals surface area contributed by atoms with Crippen LogP contribution in [0.1, 0.15) is 32.1 Å². The second-order valence-electron chi connectivity index (χ2n) is 8.35. The molecule has 5 rings (SSSR count). The number of ether oxygens (including phenoxy) is 2. The molecule has 1 aromatic rings. The van der Waals surface area contributed by atoms with E-state index in [0.717, 1.165) is 5.69 Å². The second-order valence-corrected chi connectivity index (χ2v) is 8.35. The molecule has 0 bridgehead atoms. The van der Waals surface area contributed by atoms with E-state index in [0.29, 0.717) is 55.6 Å². The van der Waals surface area contributed by atoms with Crippen LogP contribution in [0.2, 0.25) is 0 Å². The number of hydrogen-bond acceptors (Lipinski definition) is 4. The van der Waals surface area contributed by atoms with Crippen LogP contribution >= 0.6 is 0 Å². The molecule has 6 nitrogen and oxygen atoms in total. The summed E-state index contributed by atoms with van der Waals surface area (Å²) in [6, 6.07) is 5.95. The fraction of sp³-hybridized carbons (Fsp3) is 0.619. The molecule has 3 fully saturated rings. The second kappa shape index (κ2) is 6.43. The molecule has 2 aliphatic heterocycles. The fourth-order valence-corrected chi connectivity index (χ4v) is 4.65. The van der Waals surface area contributed by atoms with Crippen LogP contribution in [0.25, 0.3) is 0 Å². The molecule has 2 amide bonds. The van der Waals surface area contributed by atoms with Crippen molar-refractivity contribution in [2.45, 2.75) is 38.1 Å². The highest BCUT2D eigenvalue weighted by Crippen LogP contribution is 2.47. The van der Waals surface area contributed by atoms with E-state index in [4.69, 9.17) is 9.47 Å². The topological polar surface area (TPSA) is 59.1 Å². The summed E-state index contributed by atoms with van der Waals surface area (Å²) < 4.78 is 11.2. The molecule has 27 heavy (non-hydrogen) atoms. The quantitative estimate of drug-likeness (QED) is 0.799. The Labute approximate surface area is 159 Å². The minimum atomic E-state index is -0.254. The number of benzene rings is 1. The van der Waals surface area contributed by atoms with Crippen molar-refractivity contribution in [1.82, 2.24) is 4.90 Å². The van der Waals surface area contributed by atoms with Gasteiger partial charge < -0.3 is 19.3 Å². The summed E-state index contributed by atoms with van der Waals surface area (Å²) in [4.78, 5) is 29.4. The molecule has 1 atom stereocenters. The minimum Gasteiger partial charge on any atom is -0.486 e.